The minimum Gasteiger partial charge on any atom is -0.543 e. The van der Waals surface area contributed by atoms with Crippen LogP contribution in [0.2, 0.25) is 0 Å². The minimum atomic E-state index is -1.44. The van der Waals surface area contributed by atoms with E-state index in [0.29, 0.717) is 11.3 Å². The van der Waals surface area contributed by atoms with Gasteiger partial charge in [0.1, 0.15) is 49.4 Å². The zero-order valence-electron chi connectivity index (χ0n) is 18.6. The van der Waals surface area contributed by atoms with Crippen molar-refractivity contribution >= 4 is 73.3 Å². The van der Waals surface area contributed by atoms with Gasteiger partial charge in [-0.25, -0.2) is 14.0 Å². The number of carbonyl (C=O) groups is 3. The molecule has 12 nitrogen and oxygen atoms in total. The van der Waals surface area contributed by atoms with Crippen LogP contribution in [0.3, 0.4) is 0 Å². The van der Waals surface area contributed by atoms with E-state index in [1.54, 1.807) is 5.38 Å². The fraction of sp³-hybridized carbons (Fsp3) is 0.238. The molecule has 1 saturated heterocycles. The fourth-order valence-electron chi connectivity index (χ4n) is 4.11. The zero-order chi connectivity index (χ0) is 25.6. The van der Waals surface area contributed by atoms with Crippen LogP contribution in [-0.2, 0) is 25.8 Å². The number of nitrogens with zero attached hydrogens (tertiary/aromatic N) is 5. The van der Waals surface area contributed by atoms with Crippen molar-refractivity contribution in [3.05, 3.63) is 57.5 Å². The van der Waals surface area contributed by atoms with E-state index in [-0.39, 0.29) is 28.8 Å². The van der Waals surface area contributed by atoms with E-state index in [1.807, 2.05) is 39.7 Å². The topological polar surface area (TPSA) is 159 Å². The Balaban J connectivity index is 1.37. The molecule has 5 rings (SSSR count). The number of carboxylic acids is 1. The van der Waals surface area contributed by atoms with Crippen molar-refractivity contribution in [1.29, 1.82) is 0 Å². The first-order chi connectivity index (χ1) is 17.3. The van der Waals surface area contributed by atoms with Gasteiger partial charge < -0.3 is 25.8 Å². The number of amides is 2. The molecule has 0 aromatic carbocycles. The first-order valence-electron chi connectivity index (χ1n) is 10.5. The molecule has 3 N–H and O–H groups in total. The van der Waals surface area contributed by atoms with Crippen LogP contribution >= 0.6 is 39.0 Å². The molecule has 2 aliphatic heterocycles. The highest BCUT2D eigenvalue weighted by atomic mass is 79.9. The highest BCUT2D eigenvalue weighted by molar-refractivity contribution is 9.10. The first-order valence-corrected chi connectivity index (χ1v) is 13.2. The standard InChI is InChI=1S/C21H18BrN7O5S2/c1-34-26-14(12-9-36-21(23)24-12)17(30)25-15-18(31)29-16(20(32)33)10(8-35-19(15)29)6-27-4-5-28-7-11(22)2-3-13(27)28/h2-5,7,9,15,19H,6,8H2,1H3,(H3-,23,24,25,30,32,33)/b26-14-/t15-,19-/m1/s1. The lowest BCUT2D eigenvalue weighted by Crippen LogP contribution is -2.71. The summed E-state index contributed by atoms with van der Waals surface area (Å²) in [6.45, 7) is 0.262. The quantitative estimate of drug-likeness (QED) is 0.161. The first kappa shape index (κ1) is 24.3. The van der Waals surface area contributed by atoms with Crippen LogP contribution < -0.4 is 20.6 Å². The van der Waals surface area contributed by atoms with Crippen LogP contribution in [0.15, 0.2) is 57.0 Å². The Morgan fingerprint density at radius 3 is 2.94 bits per heavy atom. The number of nitrogens with two attached hydrogens (primary N) is 1. The molecule has 3 aromatic heterocycles. The van der Waals surface area contributed by atoms with Gasteiger partial charge in [0.25, 0.3) is 17.5 Å². The number of nitrogen functional groups attached to an aromatic ring is 1. The lowest BCUT2D eigenvalue weighted by atomic mass is 10.0. The number of carboxylic acid groups (broad SMARTS) is 1. The van der Waals surface area contributed by atoms with Crippen LogP contribution in [0.4, 0.5) is 5.13 Å². The molecule has 5 heterocycles. The summed E-state index contributed by atoms with van der Waals surface area (Å²) in [6, 6.07) is 2.84. The number of hydrogen-bond donors (Lipinski definition) is 2. The average molecular weight is 592 g/mol. The molecule has 0 unspecified atom stereocenters. The second kappa shape index (κ2) is 9.55. The average Bonchev–Trinajstić information content (AvgIpc) is 3.45. The molecule has 0 spiro atoms. The number of aliphatic carboxylic acids is 1. The molecule has 2 atom stereocenters. The minimum absolute atomic E-state index is 0.141. The molecule has 0 radical (unpaired) electrons. The third-order valence-electron chi connectivity index (χ3n) is 5.67. The van der Waals surface area contributed by atoms with Gasteiger partial charge in [-0.15, -0.1) is 23.1 Å². The Morgan fingerprint density at radius 1 is 1.44 bits per heavy atom. The van der Waals surface area contributed by atoms with Gasteiger partial charge in [-0.05, 0) is 22.0 Å². The molecule has 0 bridgehead atoms. The zero-order valence-corrected chi connectivity index (χ0v) is 21.8. The molecular weight excluding hydrogens is 574 g/mol. The molecule has 36 heavy (non-hydrogen) atoms. The van der Waals surface area contributed by atoms with Crippen LogP contribution in [0.5, 0.6) is 0 Å². The molecule has 0 aliphatic carbocycles. The van der Waals surface area contributed by atoms with Gasteiger partial charge in [-0.3, -0.25) is 14.5 Å². The van der Waals surface area contributed by atoms with Gasteiger partial charge in [0, 0.05) is 22.8 Å². The molecular formula is C21H18BrN7O5S2. The summed E-state index contributed by atoms with van der Waals surface area (Å²) in [7, 11) is 1.28. The van der Waals surface area contributed by atoms with Crippen LogP contribution in [-0.4, -0.2) is 62.2 Å². The second-order valence-corrected chi connectivity index (χ2v) is 10.7. The Labute approximate surface area is 220 Å². The summed E-state index contributed by atoms with van der Waals surface area (Å²) < 4.78 is 4.69. The third-order valence-corrected chi connectivity index (χ3v) is 8.15. The molecule has 2 amide bonds. The third kappa shape index (κ3) is 4.22. The summed E-state index contributed by atoms with van der Waals surface area (Å²) in [4.78, 5) is 48.0. The maximum atomic E-state index is 13.0. The number of nitrogens with one attached hydrogen (secondary N) is 1. The van der Waals surface area contributed by atoms with E-state index in [2.05, 4.69) is 31.4 Å². The van der Waals surface area contributed by atoms with E-state index >= 15 is 0 Å². The highest BCUT2D eigenvalue weighted by Gasteiger charge is 2.53. The number of imidazole rings is 1. The Hall–Kier alpha value is -3.43. The number of hydrogen-bond acceptors (Lipinski definition) is 10. The molecule has 0 saturated carbocycles. The van der Waals surface area contributed by atoms with Crippen LogP contribution in [0.1, 0.15) is 5.69 Å². The number of fused-ring (bicyclic) bond motifs is 2. The number of carbonyl (C=O) groups excluding carboxylic acids is 3. The van der Waals surface area contributed by atoms with Crippen molar-refractivity contribution in [3.8, 4) is 0 Å². The van der Waals surface area contributed by atoms with Gasteiger partial charge in [0.15, 0.2) is 10.8 Å². The highest BCUT2D eigenvalue weighted by Crippen LogP contribution is 2.40. The van der Waals surface area contributed by atoms with E-state index < -0.39 is 29.2 Å². The van der Waals surface area contributed by atoms with E-state index in [9.17, 15) is 19.5 Å². The number of β-lactam (4-membered cyclic amide) rings is 1. The Morgan fingerprint density at radius 2 is 2.25 bits per heavy atom. The van der Waals surface area contributed by atoms with E-state index in [4.69, 9.17) is 10.6 Å². The largest absolute Gasteiger partial charge is 0.543 e. The molecule has 15 heteroatoms. The van der Waals surface area contributed by atoms with Crippen molar-refractivity contribution in [2.24, 2.45) is 5.16 Å². The summed E-state index contributed by atoms with van der Waals surface area (Å²) in [5.41, 5.74) is 6.93. The monoisotopic (exact) mass is 591 g/mol. The number of thiazole rings is 1. The lowest BCUT2D eigenvalue weighted by molar-refractivity contribution is -0.511. The predicted molar refractivity (Wildman–Crippen MR) is 132 cm³/mol. The number of aromatic nitrogens is 3. The molecule has 1 fully saturated rings. The van der Waals surface area contributed by atoms with E-state index in [0.717, 1.165) is 21.5 Å². The number of anilines is 1. The van der Waals surface area contributed by atoms with E-state index in [1.165, 1.54) is 23.8 Å². The number of thioether (sulfide) groups is 1. The maximum Gasteiger partial charge on any atom is 0.286 e. The summed E-state index contributed by atoms with van der Waals surface area (Å²) in [5, 5.41) is 19.6. The second-order valence-electron chi connectivity index (χ2n) is 7.83. The van der Waals surface area contributed by atoms with Crippen molar-refractivity contribution in [2.45, 2.75) is 18.0 Å². The summed E-state index contributed by atoms with van der Waals surface area (Å²) >= 11 is 5.91. The van der Waals surface area contributed by atoms with Gasteiger partial charge in [0.2, 0.25) is 0 Å². The van der Waals surface area contributed by atoms with Crippen molar-refractivity contribution in [3.63, 3.8) is 0 Å². The van der Waals surface area contributed by atoms with Crippen molar-refractivity contribution in [2.75, 3.05) is 18.6 Å². The number of pyridine rings is 1. The van der Waals surface area contributed by atoms with Crippen LogP contribution in [0.25, 0.3) is 5.65 Å². The van der Waals surface area contributed by atoms with Gasteiger partial charge >= 0.3 is 0 Å². The van der Waals surface area contributed by atoms with Crippen molar-refractivity contribution < 1.29 is 28.7 Å². The molecule has 2 aliphatic rings. The smallest absolute Gasteiger partial charge is 0.286 e. The predicted octanol–water partition coefficient (Wildman–Crippen LogP) is -0.517. The van der Waals surface area contributed by atoms with Gasteiger partial charge in [-0.1, -0.05) is 5.16 Å². The Kier molecular flexibility index (Phi) is 6.44. The number of oxime groups is 1. The number of rotatable bonds is 7. The van der Waals surface area contributed by atoms with Gasteiger partial charge in [-0.2, -0.15) is 0 Å². The van der Waals surface area contributed by atoms with Gasteiger partial charge in [0.05, 0.1) is 16.1 Å². The number of halogens is 1. The fourth-order valence-corrected chi connectivity index (χ4v) is 6.34. The lowest BCUT2D eigenvalue weighted by Gasteiger charge is -2.50. The Bertz CT molecular complexity index is 1470. The SMILES string of the molecule is CO/N=C(\C(=O)N[C@@H]1C(=O)N2C(C(=O)[O-])=C(Cn3cc[n+]4cc(Br)ccc34)CS[C@H]12)c1csc(N)n1. The summed E-state index contributed by atoms with van der Waals surface area (Å²) in [5.74, 6) is -2.35. The normalized spacial score (nSPS) is 19.8. The molecule has 3 aromatic rings. The molecule has 186 valence electrons. The summed E-state index contributed by atoms with van der Waals surface area (Å²) in [6.07, 6.45) is 5.58. The maximum absolute atomic E-state index is 13.0. The van der Waals surface area contributed by atoms with Crippen LogP contribution in [0, 0.1) is 0 Å². The van der Waals surface area contributed by atoms with Crippen molar-refractivity contribution in [1.82, 2.24) is 19.8 Å².